The second-order valence-electron chi connectivity index (χ2n) is 7.01. The highest BCUT2D eigenvalue weighted by molar-refractivity contribution is 5.29. The van der Waals surface area contributed by atoms with Crippen LogP contribution in [-0.2, 0) is 0 Å². The molecular weight excluding hydrogens is 389 g/mol. The maximum absolute atomic E-state index is 14.4. The van der Waals surface area contributed by atoms with E-state index in [4.69, 9.17) is 0 Å². The molecule has 3 rings (SSSR count). The van der Waals surface area contributed by atoms with Gasteiger partial charge in [0.05, 0.1) is 5.92 Å². The van der Waals surface area contributed by atoms with Crippen molar-refractivity contribution >= 4 is 0 Å². The van der Waals surface area contributed by atoms with Gasteiger partial charge in [0.2, 0.25) is 0 Å². The van der Waals surface area contributed by atoms with E-state index in [0.29, 0.717) is 12.1 Å². The van der Waals surface area contributed by atoms with E-state index >= 15 is 0 Å². The van der Waals surface area contributed by atoms with E-state index in [-0.39, 0.29) is 36.8 Å². The van der Waals surface area contributed by atoms with Crippen LogP contribution in [0.2, 0.25) is 0 Å². The summed E-state index contributed by atoms with van der Waals surface area (Å²) in [5.41, 5.74) is 0.307. The summed E-state index contributed by atoms with van der Waals surface area (Å²) in [7, 11) is 0. The Labute approximate surface area is 157 Å². The fraction of sp³-hybridized carbons (Fsp3) is 0.400. The van der Waals surface area contributed by atoms with Gasteiger partial charge in [-0.2, -0.15) is 8.78 Å². The molecule has 28 heavy (non-hydrogen) atoms. The zero-order chi connectivity index (χ0) is 20.6. The van der Waals surface area contributed by atoms with E-state index in [1.54, 1.807) is 0 Å². The Kier molecular flexibility index (Phi) is 5.59. The van der Waals surface area contributed by atoms with Crippen molar-refractivity contribution in [2.45, 2.75) is 44.6 Å². The van der Waals surface area contributed by atoms with Crippen molar-refractivity contribution < 1.29 is 35.5 Å². The molecule has 0 amide bonds. The lowest BCUT2D eigenvalue weighted by Crippen LogP contribution is -2.37. The molecule has 8 heteroatoms. The molecule has 0 radical (unpaired) electrons. The predicted octanol–water partition coefficient (Wildman–Crippen LogP) is 6.64. The van der Waals surface area contributed by atoms with Crippen LogP contribution in [0.3, 0.4) is 0 Å². The van der Waals surface area contributed by atoms with Gasteiger partial charge in [-0.15, -0.1) is 0 Å². The second kappa shape index (κ2) is 7.64. The smallest absolute Gasteiger partial charge is 0.400 e. The summed E-state index contributed by atoms with van der Waals surface area (Å²) in [4.78, 5) is 0. The first-order chi connectivity index (χ1) is 13.1. The zero-order valence-electron chi connectivity index (χ0n) is 14.8. The van der Waals surface area contributed by atoms with Crippen molar-refractivity contribution in [1.82, 2.24) is 0 Å². The molecule has 0 heterocycles. The third-order valence-corrected chi connectivity index (χ3v) is 5.16. The molecule has 0 N–H and O–H groups in total. The van der Waals surface area contributed by atoms with Crippen molar-refractivity contribution in [2.75, 3.05) is 0 Å². The first-order valence-corrected chi connectivity index (χ1v) is 8.76. The van der Waals surface area contributed by atoms with Crippen molar-refractivity contribution in [3.8, 4) is 5.75 Å². The number of alkyl halides is 2. The Hall–Kier alpha value is -2.25. The molecule has 1 nitrogen and oxygen atoms in total. The molecule has 0 saturated heterocycles. The zero-order valence-corrected chi connectivity index (χ0v) is 14.8. The maximum atomic E-state index is 14.4. The van der Waals surface area contributed by atoms with Gasteiger partial charge in [-0.3, -0.25) is 0 Å². The summed E-state index contributed by atoms with van der Waals surface area (Å²) >= 11 is 0. The van der Waals surface area contributed by atoms with Crippen LogP contribution in [-0.4, -0.2) is 6.11 Å². The lowest BCUT2D eigenvalue weighted by atomic mass is 9.78. The number of rotatable bonds is 4. The number of benzene rings is 2. The first kappa shape index (κ1) is 20.5. The Morgan fingerprint density at radius 3 is 1.96 bits per heavy atom. The Morgan fingerprint density at radius 2 is 1.39 bits per heavy atom. The molecule has 2 aromatic rings. The average molecular weight is 406 g/mol. The molecule has 0 atom stereocenters. The van der Waals surface area contributed by atoms with Crippen LogP contribution in [0.5, 0.6) is 5.75 Å². The number of halogens is 7. The monoisotopic (exact) mass is 406 g/mol. The first-order valence-electron chi connectivity index (χ1n) is 8.76. The number of aryl methyl sites for hydroxylation is 1. The standard InChI is InChI=1S/C20H17F7O/c1-10-2-7-14(18(24)17(10)23)11-3-5-12(6-4-11)20(26,27)28-13-8-15(21)19(25)16(22)9-13/h2,7-9,11-12H,3-6H2,1H3. The highest BCUT2D eigenvalue weighted by atomic mass is 19.3. The van der Waals surface area contributed by atoms with Crippen LogP contribution >= 0.6 is 0 Å². The third-order valence-electron chi connectivity index (χ3n) is 5.16. The molecule has 152 valence electrons. The van der Waals surface area contributed by atoms with E-state index in [9.17, 15) is 30.7 Å². The van der Waals surface area contributed by atoms with Crippen molar-refractivity contribution in [3.63, 3.8) is 0 Å². The van der Waals surface area contributed by atoms with E-state index in [1.165, 1.54) is 19.1 Å². The predicted molar refractivity (Wildman–Crippen MR) is 87.7 cm³/mol. The van der Waals surface area contributed by atoms with Crippen LogP contribution in [0.15, 0.2) is 24.3 Å². The van der Waals surface area contributed by atoms with E-state index in [0.717, 1.165) is 0 Å². The average Bonchev–Trinajstić information content (AvgIpc) is 2.64. The van der Waals surface area contributed by atoms with Gasteiger partial charge in [0.1, 0.15) is 5.75 Å². The number of hydrogen-bond acceptors (Lipinski definition) is 1. The summed E-state index contributed by atoms with van der Waals surface area (Å²) in [5.74, 6) is -9.48. The maximum Gasteiger partial charge on any atom is 0.400 e. The lowest BCUT2D eigenvalue weighted by Gasteiger charge is -2.33. The number of hydrogen-bond donors (Lipinski definition) is 0. The molecule has 1 fully saturated rings. The molecule has 1 aliphatic rings. The van der Waals surface area contributed by atoms with Gasteiger partial charge in [-0.1, -0.05) is 12.1 Å². The summed E-state index contributed by atoms with van der Waals surface area (Å²) in [6.07, 6.45) is -3.51. The molecular formula is C20H17F7O. The minimum absolute atomic E-state index is 0.0568. The van der Waals surface area contributed by atoms with Gasteiger partial charge in [0.15, 0.2) is 29.1 Å². The van der Waals surface area contributed by atoms with Crippen LogP contribution in [0.25, 0.3) is 0 Å². The van der Waals surface area contributed by atoms with E-state index in [1.807, 2.05) is 0 Å². The molecule has 0 spiro atoms. The topological polar surface area (TPSA) is 9.23 Å². The summed E-state index contributed by atoms with van der Waals surface area (Å²) < 4.78 is 100. The normalized spacial score (nSPS) is 20.3. The molecule has 0 aliphatic heterocycles. The summed E-state index contributed by atoms with van der Waals surface area (Å²) in [5, 5.41) is 0. The number of ether oxygens (including phenoxy) is 1. The van der Waals surface area contributed by atoms with Crippen LogP contribution in [0, 0.1) is 41.9 Å². The summed E-state index contributed by atoms with van der Waals surface area (Å²) in [6.45, 7) is 1.43. The Balaban J connectivity index is 1.69. The van der Waals surface area contributed by atoms with Gasteiger partial charge in [-0.05, 0) is 49.7 Å². The minimum Gasteiger partial charge on any atom is -0.432 e. The summed E-state index contributed by atoms with van der Waals surface area (Å²) in [6, 6.07) is 3.59. The SMILES string of the molecule is Cc1ccc(C2CCC(C(F)(F)Oc3cc(F)c(F)c(F)c3)CC2)c(F)c1F. The molecule has 2 aromatic carbocycles. The van der Waals surface area contributed by atoms with Crippen LogP contribution in [0.1, 0.15) is 42.7 Å². The largest absolute Gasteiger partial charge is 0.432 e. The van der Waals surface area contributed by atoms with Gasteiger partial charge >= 0.3 is 6.11 Å². The lowest BCUT2D eigenvalue weighted by molar-refractivity contribution is -0.222. The van der Waals surface area contributed by atoms with Gasteiger partial charge in [-0.25, -0.2) is 22.0 Å². The van der Waals surface area contributed by atoms with Crippen molar-refractivity contribution in [3.05, 3.63) is 64.5 Å². The Bertz CT molecular complexity index is 850. The Morgan fingerprint density at radius 1 is 0.821 bits per heavy atom. The van der Waals surface area contributed by atoms with Crippen LogP contribution < -0.4 is 4.74 Å². The van der Waals surface area contributed by atoms with Gasteiger partial charge in [0.25, 0.3) is 0 Å². The third kappa shape index (κ3) is 3.95. The van der Waals surface area contributed by atoms with Gasteiger partial charge in [0, 0.05) is 12.1 Å². The van der Waals surface area contributed by atoms with Gasteiger partial charge < -0.3 is 4.74 Å². The molecule has 1 aliphatic carbocycles. The second-order valence-corrected chi connectivity index (χ2v) is 7.01. The quantitative estimate of drug-likeness (QED) is 0.409. The highest BCUT2D eigenvalue weighted by Crippen LogP contribution is 2.44. The van der Waals surface area contributed by atoms with Crippen LogP contribution in [0.4, 0.5) is 30.7 Å². The molecule has 0 aromatic heterocycles. The minimum atomic E-state index is -3.75. The molecule has 0 unspecified atom stereocenters. The molecule has 0 bridgehead atoms. The van der Waals surface area contributed by atoms with Crippen molar-refractivity contribution in [2.24, 2.45) is 5.92 Å². The highest BCUT2D eigenvalue weighted by Gasteiger charge is 2.44. The fourth-order valence-corrected chi connectivity index (χ4v) is 3.55. The molecule has 1 saturated carbocycles. The van der Waals surface area contributed by atoms with E-state index < -0.39 is 52.8 Å². The van der Waals surface area contributed by atoms with E-state index in [2.05, 4.69) is 4.74 Å². The van der Waals surface area contributed by atoms with Crippen molar-refractivity contribution in [1.29, 1.82) is 0 Å². The fourth-order valence-electron chi connectivity index (χ4n) is 3.55.